The maximum atomic E-state index is 11.5. The summed E-state index contributed by atoms with van der Waals surface area (Å²) in [4.78, 5) is 21.8. The number of carbonyl (C=O) groups excluding carboxylic acids is 1. The van der Waals surface area contributed by atoms with Gasteiger partial charge in [0, 0.05) is 18.3 Å². The maximum Gasteiger partial charge on any atom is 0.312 e. The number of methoxy groups -OCH3 is 1. The van der Waals surface area contributed by atoms with Gasteiger partial charge in [-0.05, 0) is 12.1 Å². The van der Waals surface area contributed by atoms with E-state index in [9.17, 15) is 14.9 Å². The van der Waals surface area contributed by atoms with E-state index in [1.807, 2.05) is 0 Å². The molecule has 0 fully saturated rings. The van der Waals surface area contributed by atoms with Gasteiger partial charge in [0.1, 0.15) is 0 Å². The van der Waals surface area contributed by atoms with Crippen molar-refractivity contribution in [2.75, 3.05) is 25.5 Å². The Balaban J connectivity index is 2.74. The molecule has 0 unspecified atom stereocenters. The normalized spacial score (nSPS) is 9.74. The summed E-state index contributed by atoms with van der Waals surface area (Å²) >= 11 is 0. The number of ether oxygens (including phenoxy) is 1. The number of hydrogen-bond acceptors (Lipinski definition) is 5. The molecule has 0 atom stereocenters. The smallest absolute Gasteiger partial charge is 0.312 e. The number of nitrogens with zero attached hydrogens (tertiary/aromatic N) is 1. The first-order chi connectivity index (χ1) is 9.08. The molecule has 2 N–H and O–H groups in total. The van der Waals surface area contributed by atoms with Gasteiger partial charge in [0.2, 0.25) is 5.91 Å². The molecule has 19 heavy (non-hydrogen) atoms. The minimum Gasteiger partial charge on any atom is -0.490 e. The molecule has 7 heteroatoms. The zero-order chi connectivity index (χ0) is 14.3. The standard InChI is InChI=1S/C12H15N3O4/c1-3-6-13-8-12(16)14-9-4-5-11(19-2)10(7-9)15(17)18/h3-5,7,13H,1,6,8H2,2H3,(H,14,16). The number of nitrogens with one attached hydrogen (secondary N) is 2. The molecular formula is C12H15N3O4. The highest BCUT2D eigenvalue weighted by Gasteiger charge is 2.15. The van der Waals surface area contributed by atoms with Crippen LogP contribution in [0.4, 0.5) is 11.4 Å². The van der Waals surface area contributed by atoms with Crippen LogP contribution < -0.4 is 15.4 Å². The second kappa shape index (κ2) is 7.12. The highest BCUT2D eigenvalue weighted by atomic mass is 16.6. The van der Waals surface area contributed by atoms with E-state index in [-0.39, 0.29) is 23.9 Å². The van der Waals surface area contributed by atoms with Crippen molar-refractivity contribution in [2.24, 2.45) is 0 Å². The highest BCUT2D eigenvalue weighted by Crippen LogP contribution is 2.29. The molecule has 7 nitrogen and oxygen atoms in total. The van der Waals surface area contributed by atoms with Gasteiger partial charge in [-0.25, -0.2) is 0 Å². The molecular weight excluding hydrogens is 250 g/mol. The van der Waals surface area contributed by atoms with Gasteiger partial charge in [-0.2, -0.15) is 0 Å². The second-order valence-electron chi connectivity index (χ2n) is 3.61. The summed E-state index contributed by atoms with van der Waals surface area (Å²) in [6.45, 7) is 4.12. The van der Waals surface area contributed by atoms with Crippen LogP contribution >= 0.6 is 0 Å². The van der Waals surface area contributed by atoms with Crippen molar-refractivity contribution in [2.45, 2.75) is 0 Å². The zero-order valence-electron chi connectivity index (χ0n) is 10.5. The van der Waals surface area contributed by atoms with E-state index in [0.29, 0.717) is 12.2 Å². The number of rotatable bonds is 7. The predicted octanol–water partition coefficient (Wildman–Crippen LogP) is 1.32. The second-order valence-corrected chi connectivity index (χ2v) is 3.61. The summed E-state index contributed by atoms with van der Waals surface area (Å²) in [5.74, 6) is -0.144. The number of benzene rings is 1. The van der Waals surface area contributed by atoms with Gasteiger partial charge >= 0.3 is 5.69 Å². The largest absolute Gasteiger partial charge is 0.490 e. The van der Waals surface area contributed by atoms with Crippen molar-refractivity contribution in [3.05, 3.63) is 41.0 Å². The molecule has 0 aliphatic rings. The quantitative estimate of drug-likeness (QED) is 0.335. The molecule has 0 saturated carbocycles. The maximum absolute atomic E-state index is 11.5. The number of amides is 1. The van der Waals surface area contributed by atoms with E-state index in [2.05, 4.69) is 17.2 Å². The van der Waals surface area contributed by atoms with Crippen molar-refractivity contribution in [1.29, 1.82) is 0 Å². The zero-order valence-corrected chi connectivity index (χ0v) is 10.5. The molecule has 1 rings (SSSR count). The summed E-state index contributed by atoms with van der Waals surface area (Å²) in [7, 11) is 1.35. The Morgan fingerprint density at radius 3 is 2.89 bits per heavy atom. The Labute approximate surface area is 110 Å². The topological polar surface area (TPSA) is 93.5 Å². The highest BCUT2D eigenvalue weighted by molar-refractivity contribution is 5.92. The lowest BCUT2D eigenvalue weighted by Gasteiger charge is -2.07. The van der Waals surface area contributed by atoms with E-state index in [1.54, 1.807) is 6.08 Å². The number of anilines is 1. The third-order valence-corrected chi connectivity index (χ3v) is 2.23. The molecule has 1 aromatic rings. The van der Waals surface area contributed by atoms with E-state index in [0.717, 1.165) is 0 Å². The average molecular weight is 265 g/mol. The van der Waals surface area contributed by atoms with Crippen LogP contribution in [0.25, 0.3) is 0 Å². The number of nitro groups is 1. The number of hydrogen-bond donors (Lipinski definition) is 2. The van der Waals surface area contributed by atoms with Crippen LogP contribution in [-0.4, -0.2) is 31.0 Å². The summed E-state index contributed by atoms with van der Waals surface area (Å²) in [6, 6.07) is 4.23. The van der Waals surface area contributed by atoms with Crippen LogP contribution in [0, 0.1) is 10.1 Å². The SMILES string of the molecule is C=CCNCC(=O)Nc1ccc(OC)c([N+](=O)[O-])c1. The summed E-state index contributed by atoms with van der Waals surface area (Å²) in [6.07, 6.45) is 1.63. The molecule has 102 valence electrons. The molecule has 0 aliphatic carbocycles. The first kappa shape index (κ1) is 14.7. The van der Waals surface area contributed by atoms with Gasteiger partial charge in [0.05, 0.1) is 18.6 Å². The van der Waals surface area contributed by atoms with E-state index >= 15 is 0 Å². The van der Waals surface area contributed by atoms with Crippen LogP contribution in [0.15, 0.2) is 30.9 Å². The molecule has 0 heterocycles. The van der Waals surface area contributed by atoms with Gasteiger partial charge in [-0.3, -0.25) is 14.9 Å². The third kappa shape index (κ3) is 4.40. The Bertz CT molecular complexity index is 488. The molecule has 0 spiro atoms. The van der Waals surface area contributed by atoms with Crippen LogP contribution in [0.1, 0.15) is 0 Å². The Morgan fingerprint density at radius 2 is 2.32 bits per heavy atom. The lowest BCUT2D eigenvalue weighted by Crippen LogP contribution is -2.28. The van der Waals surface area contributed by atoms with Crippen molar-refractivity contribution < 1.29 is 14.5 Å². The van der Waals surface area contributed by atoms with Crippen molar-refractivity contribution in [3.8, 4) is 5.75 Å². The molecule has 0 aromatic heterocycles. The van der Waals surface area contributed by atoms with Crippen LogP contribution in [0.5, 0.6) is 5.75 Å². The molecule has 0 aliphatic heterocycles. The fraction of sp³-hybridized carbons (Fsp3) is 0.250. The summed E-state index contributed by atoms with van der Waals surface area (Å²) in [5, 5.41) is 16.2. The van der Waals surface area contributed by atoms with Gasteiger partial charge in [-0.15, -0.1) is 6.58 Å². The third-order valence-electron chi connectivity index (χ3n) is 2.23. The van der Waals surface area contributed by atoms with E-state index < -0.39 is 4.92 Å². The molecule has 0 bridgehead atoms. The Kier molecular flexibility index (Phi) is 5.49. The fourth-order valence-electron chi connectivity index (χ4n) is 1.40. The van der Waals surface area contributed by atoms with Crippen molar-refractivity contribution >= 4 is 17.3 Å². The lowest BCUT2D eigenvalue weighted by atomic mass is 10.2. The summed E-state index contributed by atoms with van der Waals surface area (Å²) < 4.78 is 4.87. The number of nitro benzene ring substituents is 1. The predicted molar refractivity (Wildman–Crippen MR) is 71.3 cm³/mol. The van der Waals surface area contributed by atoms with Crippen LogP contribution in [-0.2, 0) is 4.79 Å². The average Bonchev–Trinajstić information content (AvgIpc) is 2.39. The number of carbonyl (C=O) groups is 1. The minimum absolute atomic E-state index is 0.103. The molecule has 0 radical (unpaired) electrons. The molecule has 0 saturated heterocycles. The van der Waals surface area contributed by atoms with Crippen molar-refractivity contribution in [1.82, 2.24) is 5.32 Å². The lowest BCUT2D eigenvalue weighted by molar-refractivity contribution is -0.385. The Morgan fingerprint density at radius 1 is 1.58 bits per heavy atom. The van der Waals surface area contributed by atoms with E-state index in [4.69, 9.17) is 4.74 Å². The monoisotopic (exact) mass is 265 g/mol. The van der Waals surface area contributed by atoms with Gasteiger partial charge < -0.3 is 15.4 Å². The van der Waals surface area contributed by atoms with E-state index in [1.165, 1.54) is 25.3 Å². The fourth-order valence-corrected chi connectivity index (χ4v) is 1.40. The minimum atomic E-state index is -0.565. The van der Waals surface area contributed by atoms with Crippen LogP contribution in [0.2, 0.25) is 0 Å². The molecule has 1 aromatic carbocycles. The molecule has 1 amide bonds. The first-order valence-electron chi connectivity index (χ1n) is 5.52. The van der Waals surface area contributed by atoms with Gasteiger partial charge in [0.15, 0.2) is 5.75 Å². The summed E-state index contributed by atoms with van der Waals surface area (Å²) in [5.41, 5.74) is 0.150. The van der Waals surface area contributed by atoms with Crippen LogP contribution in [0.3, 0.4) is 0 Å². The van der Waals surface area contributed by atoms with Gasteiger partial charge in [-0.1, -0.05) is 6.08 Å². The van der Waals surface area contributed by atoms with Crippen molar-refractivity contribution in [3.63, 3.8) is 0 Å². The Hall–Kier alpha value is -2.41. The first-order valence-corrected chi connectivity index (χ1v) is 5.52. The van der Waals surface area contributed by atoms with Gasteiger partial charge in [0.25, 0.3) is 0 Å².